The van der Waals surface area contributed by atoms with Crippen LogP contribution in [0.1, 0.15) is 27.1 Å². The van der Waals surface area contributed by atoms with E-state index in [0.717, 1.165) is 11.3 Å². The van der Waals surface area contributed by atoms with Crippen molar-refractivity contribution in [2.75, 3.05) is 14.2 Å². The number of thiazole rings is 1. The third-order valence-electron chi connectivity index (χ3n) is 2.72. The van der Waals surface area contributed by atoms with Gasteiger partial charge < -0.3 is 9.47 Å². The Labute approximate surface area is 124 Å². The van der Waals surface area contributed by atoms with Crippen LogP contribution in [-0.4, -0.2) is 31.0 Å². The second kappa shape index (κ2) is 6.01. The minimum absolute atomic E-state index is 0.0340. The lowest BCUT2D eigenvalue weighted by Crippen LogP contribution is -2.06. The largest absolute Gasteiger partial charge is 0.494 e. The first-order valence-electron chi connectivity index (χ1n) is 5.92. The molecule has 1 heterocycles. The SMILES string of the molecule is COC(=O)c1nc(-c2ccc(F)c(OC)c2)sc1C(C)=O. The molecule has 0 aliphatic carbocycles. The zero-order valence-corrected chi connectivity index (χ0v) is 12.4. The maximum atomic E-state index is 13.4. The molecule has 1 aromatic carbocycles. The summed E-state index contributed by atoms with van der Waals surface area (Å²) in [5.74, 6) is -1.41. The number of carbonyl (C=O) groups is 2. The number of esters is 1. The maximum Gasteiger partial charge on any atom is 0.358 e. The van der Waals surface area contributed by atoms with Crippen molar-refractivity contribution in [1.29, 1.82) is 0 Å². The molecule has 0 fully saturated rings. The highest BCUT2D eigenvalue weighted by Gasteiger charge is 2.22. The highest BCUT2D eigenvalue weighted by atomic mass is 32.1. The number of aromatic nitrogens is 1. The summed E-state index contributed by atoms with van der Waals surface area (Å²) in [5, 5.41) is 0.416. The molecule has 0 unspecified atom stereocenters. The molecule has 0 atom stereocenters. The topological polar surface area (TPSA) is 65.5 Å². The van der Waals surface area contributed by atoms with Gasteiger partial charge in [-0.2, -0.15) is 0 Å². The molecule has 0 aliphatic rings. The summed E-state index contributed by atoms with van der Waals surface area (Å²) in [6.45, 7) is 1.34. The van der Waals surface area contributed by atoms with E-state index in [9.17, 15) is 14.0 Å². The zero-order chi connectivity index (χ0) is 15.6. The van der Waals surface area contributed by atoms with Gasteiger partial charge in [-0.05, 0) is 18.2 Å². The molecule has 0 bridgehead atoms. The van der Waals surface area contributed by atoms with E-state index in [4.69, 9.17) is 4.74 Å². The third kappa shape index (κ3) is 2.92. The number of ether oxygens (including phenoxy) is 2. The molecule has 21 heavy (non-hydrogen) atoms. The Morgan fingerprint density at radius 3 is 2.57 bits per heavy atom. The van der Waals surface area contributed by atoms with Gasteiger partial charge in [0.2, 0.25) is 0 Å². The summed E-state index contributed by atoms with van der Waals surface area (Å²) >= 11 is 1.05. The Morgan fingerprint density at radius 2 is 2.00 bits per heavy atom. The second-order valence-electron chi connectivity index (χ2n) is 4.09. The highest BCUT2D eigenvalue weighted by molar-refractivity contribution is 7.17. The Kier molecular flexibility index (Phi) is 4.32. The molecule has 0 aliphatic heterocycles. The molecule has 0 amide bonds. The fraction of sp³-hybridized carbons (Fsp3) is 0.214. The molecule has 1 aromatic heterocycles. The van der Waals surface area contributed by atoms with Crippen molar-refractivity contribution in [3.05, 3.63) is 34.6 Å². The third-order valence-corrected chi connectivity index (χ3v) is 3.93. The lowest BCUT2D eigenvalue weighted by molar-refractivity contribution is 0.0591. The van der Waals surface area contributed by atoms with Crippen molar-refractivity contribution in [3.63, 3.8) is 0 Å². The number of halogens is 1. The second-order valence-corrected chi connectivity index (χ2v) is 5.09. The molecule has 0 spiro atoms. The molecule has 0 N–H and O–H groups in total. The van der Waals surface area contributed by atoms with Crippen LogP contribution in [0.25, 0.3) is 10.6 Å². The highest BCUT2D eigenvalue weighted by Crippen LogP contribution is 2.32. The van der Waals surface area contributed by atoms with E-state index >= 15 is 0 Å². The van der Waals surface area contributed by atoms with E-state index in [1.54, 1.807) is 0 Å². The Hall–Kier alpha value is -2.28. The van der Waals surface area contributed by atoms with Gasteiger partial charge in [-0.15, -0.1) is 11.3 Å². The summed E-state index contributed by atoms with van der Waals surface area (Å²) in [6, 6.07) is 4.20. The van der Waals surface area contributed by atoms with Crippen LogP contribution in [0.5, 0.6) is 5.75 Å². The Balaban J connectivity index is 2.55. The summed E-state index contributed by atoms with van der Waals surface area (Å²) in [5.41, 5.74) is 0.518. The van der Waals surface area contributed by atoms with Gasteiger partial charge in [0.1, 0.15) is 9.88 Å². The predicted molar refractivity (Wildman–Crippen MR) is 75.4 cm³/mol. The van der Waals surface area contributed by atoms with Gasteiger partial charge in [0, 0.05) is 12.5 Å². The zero-order valence-electron chi connectivity index (χ0n) is 11.6. The number of Topliss-reactive ketones (excluding diaryl/α,β-unsaturated/α-hetero) is 1. The van der Waals surface area contributed by atoms with Crippen LogP contribution >= 0.6 is 11.3 Å². The smallest absolute Gasteiger partial charge is 0.358 e. The van der Waals surface area contributed by atoms with E-state index in [2.05, 4.69) is 9.72 Å². The summed E-state index contributed by atoms with van der Waals surface area (Å²) < 4.78 is 22.9. The lowest BCUT2D eigenvalue weighted by Gasteiger charge is -2.03. The molecule has 110 valence electrons. The van der Waals surface area contributed by atoms with Crippen molar-refractivity contribution >= 4 is 23.1 Å². The monoisotopic (exact) mass is 309 g/mol. The van der Waals surface area contributed by atoms with Crippen molar-refractivity contribution in [3.8, 4) is 16.3 Å². The van der Waals surface area contributed by atoms with Gasteiger partial charge in [0.25, 0.3) is 0 Å². The van der Waals surface area contributed by atoms with E-state index in [0.29, 0.717) is 10.6 Å². The Bertz CT molecular complexity index is 711. The van der Waals surface area contributed by atoms with Gasteiger partial charge in [-0.3, -0.25) is 4.79 Å². The number of nitrogens with zero attached hydrogens (tertiary/aromatic N) is 1. The normalized spacial score (nSPS) is 10.3. The number of hydrogen-bond donors (Lipinski definition) is 0. The lowest BCUT2D eigenvalue weighted by atomic mass is 10.2. The van der Waals surface area contributed by atoms with E-state index in [-0.39, 0.29) is 22.1 Å². The molecule has 5 nitrogen and oxygen atoms in total. The van der Waals surface area contributed by atoms with Crippen molar-refractivity contribution in [2.45, 2.75) is 6.92 Å². The molecule has 0 saturated heterocycles. The number of benzene rings is 1. The van der Waals surface area contributed by atoms with Crippen LogP contribution in [0.4, 0.5) is 4.39 Å². The average Bonchev–Trinajstić information content (AvgIpc) is 2.92. The quantitative estimate of drug-likeness (QED) is 0.642. The summed E-state index contributed by atoms with van der Waals surface area (Å²) in [4.78, 5) is 27.6. The van der Waals surface area contributed by atoms with Crippen LogP contribution in [0.15, 0.2) is 18.2 Å². The molecular formula is C14H12FNO4S. The fourth-order valence-electron chi connectivity index (χ4n) is 1.71. The van der Waals surface area contributed by atoms with Crippen molar-refractivity contribution in [1.82, 2.24) is 4.98 Å². The summed E-state index contributed by atoms with van der Waals surface area (Å²) in [6.07, 6.45) is 0. The van der Waals surface area contributed by atoms with Crippen LogP contribution in [0.2, 0.25) is 0 Å². The number of hydrogen-bond acceptors (Lipinski definition) is 6. The van der Waals surface area contributed by atoms with Crippen LogP contribution < -0.4 is 4.74 Å². The molecule has 0 radical (unpaired) electrons. The summed E-state index contributed by atoms with van der Waals surface area (Å²) in [7, 11) is 2.57. The van der Waals surface area contributed by atoms with E-state index < -0.39 is 11.8 Å². The predicted octanol–water partition coefficient (Wildman–Crippen LogP) is 2.95. The first-order chi connectivity index (χ1) is 9.97. The van der Waals surface area contributed by atoms with Crippen LogP contribution in [-0.2, 0) is 4.74 Å². The molecular weight excluding hydrogens is 297 g/mol. The van der Waals surface area contributed by atoms with Gasteiger partial charge >= 0.3 is 5.97 Å². The maximum absolute atomic E-state index is 13.4. The molecule has 2 rings (SSSR count). The van der Waals surface area contributed by atoms with Crippen molar-refractivity contribution in [2.24, 2.45) is 0 Å². The molecule has 7 heteroatoms. The first-order valence-corrected chi connectivity index (χ1v) is 6.73. The van der Waals surface area contributed by atoms with Gasteiger partial charge in [-0.25, -0.2) is 14.2 Å². The van der Waals surface area contributed by atoms with Gasteiger partial charge in [0.15, 0.2) is 23.0 Å². The van der Waals surface area contributed by atoms with Gasteiger partial charge in [0.05, 0.1) is 14.2 Å². The fourth-order valence-corrected chi connectivity index (χ4v) is 2.65. The number of carbonyl (C=O) groups excluding carboxylic acids is 2. The number of ketones is 1. The van der Waals surface area contributed by atoms with E-state index in [1.807, 2.05) is 0 Å². The molecule has 2 aromatic rings. The Morgan fingerprint density at radius 1 is 1.29 bits per heavy atom. The van der Waals surface area contributed by atoms with Gasteiger partial charge in [-0.1, -0.05) is 0 Å². The standard InChI is InChI=1S/C14H12FNO4S/c1-7(17)12-11(14(18)20-3)16-13(21-12)8-4-5-9(15)10(6-8)19-2/h4-6H,1-3H3. The van der Waals surface area contributed by atoms with Crippen molar-refractivity contribution < 1.29 is 23.5 Å². The number of rotatable bonds is 4. The van der Waals surface area contributed by atoms with E-state index in [1.165, 1.54) is 39.3 Å². The molecule has 0 saturated carbocycles. The first kappa shape index (κ1) is 15.1. The van der Waals surface area contributed by atoms with Crippen LogP contribution in [0.3, 0.4) is 0 Å². The minimum atomic E-state index is -0.684. The van der Waals surface area contributed by atoms with Crippen LogP contribution in [0, 0.1) is 5.82 Å². The average molecular weight is 309 g/mol. The number of methoxy groups -OCH3 is 2. The minimum Gasteiger partial charge on any atom is -0.494 e.